The smallest absolute Gasteiger partial charge is 0.257 e. The van der Waals surface area contributed by atoms with Crippen LogP contribution in [-0.4, -0.2) is 59.5 Å². The SMILES string of the molecule is Cc1cccc(C)c1N1C(=O)/C(=C/N=C(N)NC(C=NC2CCN(C)CC2)=CN)CC2(Br)C#CC12. The lowest BCUT2D eigenvalue weighted by Crippen LogP contribution is -2.60. The highest BCUT2D eigenvalue weighted by Crippen LogP contribution is 2.45. The van der Waals surface area contributed by atoms with Crippen molar-refractivity contribution in [2.75, 3.05) is 25.0 Å². The van der Waals surface area contributed by atoms with Gasteiger partial charge in [0.2, 0.25) is 0 Å². The third kappa shape index (κ3) is 5.29. The average Bonchev–Trinajstić information content (AvgIpc) is 2.82. The second kappa shape index (κ2) is 10.3. The molecule has 0 radical (unpaired) electrons. The third-order valence-corrected chi connectivity index (χ3v) is 7.57. The van der Waals surface area contributed by atoms with Crippen molar-refractivity contribution in [3.63, 3.8) is 0 Å². The van der Waals surface area contributed by atoms with E-state index in [4.69, 9.17) is 11.5 Å². The Bertz CT molecular complexity index is 1160. The Morgan fingerprint density at radius 3 is 2.57 bits per heavy atom. The molecule has 2 fully saturated rings. The Kier molecular flexibility index (Phi) is 7.33. The Balaban J connectivity index is 1.51. The summed E-state index contributed by atoms with van der Waals surface area (Å²) in [5.41, 5.74) is 15.9. The molecule has 1 aromatic rings. The van der Waals surface area contributed by atoms with Crippen LogP contribution in [0.1, 0.15) is 30.4 Å². The number of para-hydroxylation sites is 1. The second-order valence-corrected chi connectivity index (χ2v) is 10.8. The second-order valence-electron chi connectivity index (χ2n) is 9.35. The van der Waals surface area contributed by atoms with E-state index in [0.29, 0.717) is 17.7 Å². The van der Waals surface area contributed by atoms with Gasteiger partial charge in [0.15, 0.2) is 5.96 Å². The maximum absolute atomic E-state index is 13.5. The summed E-state index contributed by atoms with van der Waals surface area (Å²) < 4.78 is -0.498. The van der Waals surface area contributed by atoms with Crippen LogP contribution < -0.4 is 21.7 Å². The molecule has 8 nitrogen and oxygen atoms in total. The normalized spacial score (nSPS) is 27.0. The molecule has 2 atom stereocenters. The van der Waals surface area contributed by atoms with E-state index in [2.05, 4.69) is 55.0 Å². The topological polar surface area (TPSA) is 112 Å². The van der Waals surface area contributed by atoms with Crippen LogP contribution in [0.25, 0.3) is 0 Å². The predicted octanol–water partition coefficient (Wildman–Crippen LogP) is 2.31. The molecule has 2 aliphatic heterocycles. The van der Waals surface area contributed by atoms with Gasteiger partial charge in [-0.3, -0.25) is 14.7 Å². The van der Waals surface area contributed by atoms with Gasteiger partial charge in [-0.05, 0) is 58.0 Å². The monoisotopic (exact) mass is 537 g/mol. The molecule has 184 valence electrons. The summed E-state index contributed by atoms with van der Waals surface area (Å²) >= 11 is 3.77. The highest BCUT2D eigenvalue weighted by molar-refractivity contribution is 9.10. The molecule has 35 heavy (non-hydrogen) atoms. The first-order valence-electron chi connectivity index (χ1n) is 11.8. The highest BCUT2D eigenvalue weighted by atomic mass is 79.9. The van der Waals surface area contributed by atoms with E-state index in [1.807, 2.05) is 32.0 Å². The fourth-order valence-corrected chi connectivity index (χ4v) is 5.36. The number of allylic oxidation sites excluding steroid dienone is 1. The maximum atomic E-state index is 13.5. The van der Waals surface area contributed by atoms with E-state index in [0.717, 1.165) is 42.7 Å². The summed E-state index contributed by atoms with van der Waals surface area (Å²) in [5.74, 6) is 6.34. The van der Waals surface area contributed by atoms with Crippen molar-refractivity contribution in [2.45, 2.75) is 49.5 Å². The molecule has 2 saturated heterocycles. The molecule has 1 aromatic carbocycles. The molecular weight excluding hydrogens is 506 g/mol. The number of carbonyl (C=O) groups is 1. The summed E-state index contributed by atoms with van der Waals surface area (Å²) in [4.78, 5) is 26.6. The first-order chi connectivity index (χ1) is 16.7. The number of nitrogens with one attached hydrogen (secondary N) is 1. The molecule has 1 amide bonds. The van der Waals surface area contributed by atoms with Crippen LogP contribution in [0.4, 0.5) is 5.69 Å². The van der Waals surface area contributed by atoms with Gasteiger partial charge in [0.25, 0.3) is 5.91 Å². The molecule has 0 bridgehead atoms. The molecule has 4 rings (SSSR count). The number of alkyl halides is 1. The quantitative estimate of drug-likeness (QED) is 0.175. The van der Waals surface area contributed by atoms with Crippen LogP contribution in [0.15, 0.2) is 51.9 Å². The molecule has 3 aliphatic rings. The zero-order chi connectivity index (χ0) is 25.2. The van der Waals surface area contributed by atoms with E-state index in [-0.39, 0.29) is 24.0 Å². The fourth-order valence-electron chi connectivity index (χ4n) is 4.62. The molecule has 0 saturated carbocycles. The number of likely N-dealkylation sites (tertiary alicyclic amines) is 1. The standard InChI is InChI=1S/C26H32BrN7O/c1-17-5-4-6-18(2)23(17)34-22-7-10-26(22,27)13-19(24(34)35)15-31-25(29)32-21(14-28)16-30-20-8-11-33(3)12-9-20/h4-6,14-16,20,22H,8-9,11-13,28H2,1-3H3,(H3,29,31,32)/b19-15+,21-14?,30-16?. The Morgan fingerprint density at radius 2 is 1.97 bits per heavy atom. The van der Waals surface area contributed by atoms with E-state index >= 15 is 0 Å². The number of nitrogens with two attached hydrogens (primary N) is 2. The molecule has 5 N–H and O–H groups in total. The number of hydrogen-bond donors (Lipinski definition) is 3. The van der Waals surface area contributed by atoms with E-state index in [1.54, 1.807) is 11.1 Å². The molecule has 0 spiro atoms. The Hall–Kier alpha value is -3.09. The lowest BCUT2D eigenvalue weighted by Gasteiger charge is -2.46. The van der Waals surface area contributed by atoms with Crippen molar-refractivity contribution in [2.24, 2.45) is 21.5 Å². The lowest BCUT2D eigenvalue weighted by atomic mass is 9.80. The van der Waals surface area contributed by atoms with Crippen molar-refractivity contribution in [3.05, 3.63) is 53.0 Å². The van der Waals surface area contributed by atoms with Crippen LogP contribution in [0, 0.1) is 25.7 Å². The van der Waals surface area contributed by atoms with Crippen LogP contribution in [0.5, 0.6) is 0 Å². The summed E-state index contributed by atoms with van der Waals surface area (Å²) in [7, 11) is 2.12. The molecular formula is C26H32BrN7O. The van der Waals surface area contributed by atoms with Crippen LogP contribution in [0.2, 0.25) is 0 Å². The van der Waals surface area contributed by atoms with Gasteiger partial charge in [-0.2, -0.15) is 0 Å². The molecule has 9 heteroatoms. The van der Waals surface area contributed by atoms with Crippen molar-refractivity contribution in [3.8, 4) is 11.8 Å². The Labute approximate surface area is 215 Å². The number of anilines is 1. The number of aliphatic imine (C=N–C) groups is 2. The molecule has 0 aromatic heterocycles. The van der Waals surface area contributed by atoms with E-state index < -0.39 is 4.32 Å². The van der Waals surface area contributed by atoms with Gasteiger partial charge in [0, 0.05) is 30.6 Å². The summed E-state index contributed by atoms with van der Waals surface area (Å²) in [6, 6.07) is 6.04. The van der Waals surface area contributed by atoms with Crippen LogP contribution in [0.3, 0.4) is 0 Å². The number of rotatable bonds is 5. The first kappa shape index (κ1) is 25.0. The minimum atomic E-state index is -0.498. The van der Waals surface area contributed by atoms with Gasteiger partial charge in [-0.1, -0.05) is 46.0 Å². The van der Waals surface area contributed by atoms with Gasteiger partial charge in [0.05, 0.1) is 17.4 Å². The number of benzene rings is 1. The van der Waals surface area contributed by atoms with Gasteiger partial charge in [-0.15, -0.1) is 0 Å². The number of amides is 1. The first-order valence-corrected chi connectivity index (χ1v) is 12.6. The minimum Gasteiger partial charge on any atom is -0.403 e. The number of hydrogen-bond acceptors (Lipinski definition) is 5. The van der Waals surface area contributed by atoms with Crippen molar-refractivity contribution in [1.82, 2.24) is 10.2 Å². The number of fused-ring (bicyclic) bond motifs is 1. The number of halogens is 1. The molecule has 2 unspecified atom stereocenters. The van der Waals surface area contributed by atoms with Gasteiger partial charge in [0.1, 0.15) is 10.4 Å². The van der Waals surface area contributed by atoms with Crippen molar-refractivity contribution < 1.29 is 4.79 Å². The Morgan fingerprint density at radius 1 is 1.29 bits per heavy atom. The van der Waals surface area contributed by atoms with Crippen molar-refractivity contribution in [1.29, 1.82) is 0 Å². The minimum absolute atomic E-state index is 0.119. The zero-order valence-corrected chi connectivity index (χ0v) is 22.0. The number of piperidine rings is 2. The summed E-state index contributed by atoms with van der Waals surface area (Å²) in [6.45, 7) is 6.07. The van der Waals surface area contributed by atoms with Gasteiger partial charge in [-0.25, -0.2) is 4.99 Å². The highest BCUT2D eigenvalue weighted by Gasteiger charge is 2.52. The average molecular weight is 538 g/mol. The van der Waals surface area contributed by atoms with E-state index in [1.165, 1.54) is 12.4 Å². The lowest BCUT2D eigenvalue weighted by molar-refractivity contribution is -0.116. The summed E-state index contributed by atoms with van der Waals surface area (Å²) in [5, 5.41) is 2.97. The largest absolute Gasteiger partial charge is 0.403 e. The number of carbonyl (C=O) groups excluding carboxylic acids is 1. The molecule has 2 heterocycles. The molecule has 1 aliphatic carbocycles. The maximum Gasteiger partial charge on any atom is 0.257 e. The number of aryl methyl sites for hydroxylation is 2. The van der Waals surface area contributed by atoms with Crippen LogP contribution >= 0.6 is 15.9 Å². The predicted molar refractivity (Wildman–Crippen MR) is 145 cm³/mol. The van der Waals surface area contributed by atoms with Gasteiger partial charge < -0.3 is 21.7 Å². The van der Waals surface area contributed by atoms with E-state index in [9.17, 15) is 4.79 Å². The van der Waals surface area contributed by atoms with Crippen LogP contribution in [-0.2, 0) is 4.79 Å². The summed E-state index contributed by atoms with van der Waals surface area (Å²) in [6.07, 6.45) is 7.09. The third-order valence-electron chi connectivity index (χ3n) is 6.65. The van der Waals surface area contributed by atoms with Gasteiger partial charge >= 0.3 is 0 Å². The van der Waals surface area contributed by atoms with Crippen molar-refractivity contribution >= 4 is 39.7 Å². The zero-order valence-electron chi connectivity index (χ0n) is 20.4. The number of nitrogens with zero attached hydrogens (tertiary/aromatic N) is 4. The number of guanidine groups is 1. The fraction of sp³-hybridized carbons (Fsp3) is 0.423.